The fourth-order valence-corrected chi connectivity index (χ4v) is 1.63. The van der Waals surface area contributed by atoms with Gasteiger partial charge < -0.3 is 15.6 Å². The third-order valence-corrected chi connectivity index (χ3v) is 2.53. The lowest BCUT2D eigenvalue weighted by Crippen LogP contribution is -2.12. The minimum Gasteiger partial charge on any atom is -0.479 e. The number of carbonyl (C=O) groups is 2. The molecular weight excluding hydrogens is 206 g/mol. The molecule has 1 aromatic rings. The first-order valence-electron chi connectivity index (χ1n) is 3.75. The Morgan fingerprint density at radius 2 is 2.29 bits per heavy atom. The highest BCUT2D eigenvalue weighted by Crippen LogP contribution is 2.23. The number of hydrogen-bond donors (Lipinski definition) is 2. The van der Waals surface area contributed by atoms with Crippen LogP contribution in [0.1, 0.15) is 14.5 Å². The average Bonchev–Trinajstić information content (AvgIpc) is 2.43. The van der Waals surface area contributed by atoms with Crippen LogP contribution in [0.3, 0.4) is 0 Å². The van der Waals surface area contributed by atoms with Crippen molar-refractivity contribution in [2.75, 3.05) is 12.3 Å². The van der Waals surface area contributed by atoms with Crippen molar-refractivity contribution in [3.63, 3.8) is 0 Å². The van der Waals surface area contributed by atoms with Gasteiger partial charge in [0.05, 0.1) is 0 Å². The van der Waals surface area contributed by atoms with Crippen molar-refractivity contribution < 1.29 is 19.4 Å². The highest BCUT2D eigenvalue weighted by Gasteiger charge is 2.13. The summed E-state index contributed by atoms with van der Waals surface area (Å²) in [5.74, 6) is -1.84. The monoisotopic (exact) mass is 215 g/mol. The lowest BCUT2D eigenvalue weighted by Gasteiger charge is -1.97. The molecule has 6 heteroatoms. The summed E-state index contributed by atoms with van der Waals surface area (Å²) in [4.78, 5) is 22.4. The van der Waals surface area contributed by atoms with Crippen LogP contribution in [0.5, 0.6) is 0 Å². The zero-order valence-corrected chi connectivity index (χ0v) is 8.26. The fraction of sp³-hybridized carbons (Fsp3) is 0.250. The molecule has 3 N–H and O–H groups in total. The standard InChI is InChI=1S/C8H9NO4S/c1-4-5(9)2-6(14-4)8(12)13-3-7(10)11/h2H,3,9H2,1H3,(H,10,11). The molecule has 0 bridgehead atoms. The maximum atomic E-state index is 11.2. The Kier molecular flexibility index (Phi) is 3.08. The number of hydrogen-bond acceptors (Lipinski definition) is 5. The molecule has 76 valence electrons. The first kappa shape index (κ1) is 10.5. The molecule has 0 spiro atoms. The molecule has 0 aliphatic heterocycles. The quantitative estimate of drug-likeness (QED) is 0.730. The summed E-state index contributed by atoms with van der Waals surface area (Å²) >= 11 is 1.18. The number of nitrogen functional groups attached to an aromatic ring is 1. The van der Waals surface area contributed by atoms with E-state index >= 15 is 0 Å². The number of rotatable bonds is 3. The lowest BCUT2D eigenvalue weighted by molar-refractivity contribution is -0.140. The maximum Gasteiger partial charge on any atom is 0.348 e. The highest BCUT2D eigenvalue weighted by molar-refractivity contribution is 7.14. The molecule has 0 saturated carbocycles. The molecule has 0 atom stereocenters. The van der Waals surface area contributed by atoms with Gasteiger partial charge >= 0.3 is 11.9 Å². The molecular formula is C8H9NO4S. The van der Waals surface area contributed by atoms with Crippen LogP contribution in [0, 0.1) is 6.92 Å². The van der Waals surface area contributed by atoms with Crippen molar-refractivity contribution in [2.45, 2.75) is 6.92 Å². The first-order chi connectivity index (χ1) is 6.50. The molecule has 14 heavy (non-hydrogen) atoms. The van der Waals surface area contributed by atoms with Crippen molar-refractivity contribution in [2.24, 2.45) is 0 Å². The number of thiophene rings is 1. The first-order valence-corrected chi connectivity index (χ1v) is 4.57. The molecule has 0 saturated heterocycles. The number of nitrogens with two attached hydrogens (primary N) is 1. The van der Waals surface area contributed by atoms with Gasteiger partial charge in [-0.1, -0.05) is 0 Å². The van der Waals surface area contributed by atoms with Crippen molar-refractivity contribution >= 4 is 29.0 Å². The minimum absolute atomic E-state index is 0.321. The molecule has 0 aliphatic rings. The Morgan fingerprint density at radius 1 is 1.64 bits per heavy atom. The Bertz CT molecular complexity index is 352. The van der Waals surface area contributed by atoms with E-state index in [1.807, 2.05) is 0 Å². The van der Waals surface area contributed by atoms with E-state index in [-0.39, 0.29) is 0 Å². The van der Waals surface area contributed by atoms with Gasteiger partial charge in [-0.2, -0.15) is 0 Å². The second kappa shape index (κ2) is 4.10. The maximum absolute atomic E-state index is 11.2. The third-order valence-electron chi connectivity index (χ3n) is 1.48. The Morgan fingerprint density at radius 3 is 2.71 bits per heavy atom. The van der Waals surface area contributed by atoms with E-state index in [4.69, 9.17) is 10.8 Å². The number of ether oxygens (including phenoxy) is 1. The largest absolute Gasteiger partial charge is 0.479 e. The molecule has 1 rings (SSSR count). The summed E-state index contributed by atoms with van der Waals surface area (Å²) in [5, 5.41) is 8.27. The van der Waals surface area contributed by atoms with Gasteiger partial charge in [0.15, 0.2) is 6.61 Å². The van der Waals surface area contributed by atoms with E-state index < -0.39 is 18.5 Å². The van der Waals surface area contributed by atoms with E-state index in [1.165, 1.54) is 17.4 Å². The number of aryl methyl sites for hydroxylation is 1. The highest BCUT2D eigenvalue weighted by atomic mass is 32.1. The van der Waals surface area contributed by atoms with Crippen LogP contribution in [0.25, 0.3) is 0 Å². The van der Waals surface area contributed by atoms with E-state index in [1.54, 1.807) is 6.92 Å². The van der Waals surface area contributed by atoms with Crippen LogP contribution >= 0.6 is 11.3 Å². The smallest absolute Gasteiger partial charge is 0.348 e. The van der Waals surface area contributed by atoms with Gasteiger partial charge in [0.25, 0.3) is 0 Å². The van der Waals surface area contributed by atoms with Gasteiger partial charge in [0, 0.05) is 10.6 Å². The number of anilines is 1. The number of aliphatic carboxylic acids is 1. The molecule has 1 aromatic heterocycles. The van der Waals surface area contributed by atoms with Gasteiger partial charge in [-0.3, -0.25) is 0 Å². The fourth-order valence-electron chi connectivity index (χ4n) is 0.795. The van der Waals surface area contributed by atoms with Crippen LogP contribution < -0.4 is 5.73 Å². The van der Waals surface area contributed by atoms with Crippen molar-refractivity contribution in [3.8, 4) is 0 Å². The second-order valence-corrected chi connectivity index (χ2v) is 3.85. The van der Waals surface area contributed by atoms with E-state index in [0.29, 0.717) is 10.6 Å². The minimum atomic E-state index is -1.18. The van der Waals surface area contributed by atoms with Gasteiger partial charge in [0.1, 0.15) is 4.88 Å². The van der Waals surface area contributed by atoms with Crippen LogP contribution in [0.4, 0.5) is 5.69 Å². The summed E-state index contributed by atoms with van der Waals surface area (Å²) in [6.07, 6.45) is 0. The molecule has 0 aliphatic carbocycles. The number of esters is 1. The molecule has 0 radical (unpaired) electrons. The van der Waals surface area contributed by atoms with Crippen LogP contribution in [-0.2, 0) is 9.53 Å². The average molecular weight is 215 g/mol. The second-order valence-electron chi connectivity index (χ2n) is 2.59. The summed E-state index contributed by atoms with van der Waals surface area (Å²) < 4.78 is 4.47. The van der Waals surface area contributed by atoms with Gasteiger partial charge in [0.2, 0.25) is 0 Å². The number of carboxylic acid groups (broad SMARTS) is 1. The molecule has 1 heterocycles. The Labute approximate surface area is 84.1 Å². The predicted molar refractivity (Wildman–Crippen MR) is 51.4 cm³/mol. The Balaban J connectivity index is 2.65. The SMILES string of the molecule is Cc1sc(C(=O)OCC(=O)O)cc1N. The topological polar surface area (TPSA) is 89.6 Å². The van der Waals surface area contributed by atoms with Crippen molar-refractivity contribution in [1.29, 1.82) is 0 Å². The van der Waals surface area contributed by atoms with Crippen molar-refractivity contribution in [1.82, 2.24) is 0 Å². The number of carboxylic acids is 1. The van der Waals surface area contributed by atoms with Gasteiger partial charge in [-0.05, 0) is 13.0 Å². The number of carbonyl (C=O) groups excluding carboxylic acids is 1. The summed E-state index contributed by atoms with van der Waals surface area (Å²) in [6, 6.07) is 1.48. The Hall–Kier alpha value is -1.56. The van der Waals surface area contributed by atoms with Crippen LogP contribution in [-0.4, -0.2) is 23.7 Å². The summed E-state index contributed by atoms with van der Waals surface area (Å²) in [7, 11) is 0. The predicted octanol–water partition coefficient (Wildman–Crippen LogP) is 0.880. The van der Waals surface area contributed by atoms with Gasteiger partial charge in [-0.15, -0.1) is 11.3 Å². The normalized spacial score (nSPS) is 9.79. The van der Waals surface area contributed by atoms with E-state index in [2.05, 4.69) is 4.74 Å². The zero-order valence-electron chi connectivity index (χ0n) is 7.44. The van der Waals surface area contributed by atoms with Crippen LogP contribution in [0.15, 0.2) is 6.07 Å². The summed E-state index contributed by atoms with van der Waals surface area (Å²) in [5.41, 5.74) is 6.03. The van der Waals surface area contributed by atoms with Gasteiger partial charge in [-0.25, -0.2) is 9.59 Å². The third kappa shape index (κ3) is 2.46. The molecule has 0 amide bonds. The van der Waals surface area contributed by atoms with Crippen LogP contribution in [0.2, 0.25) is 0 Å². The zero-order chi connectivity index (χ0) is 10.7. The molecule has 5 nitrogen and oxygen atoms in total. The van der Waals surface area contributed by atoms with E-state index in [0.717, 1.165) is 4.88 Å². The lowest BCUT2D eigenvalue weighted by atomic mass is 10.4. The summed E-state index contributed by atoms with van der Waals surface area (Å²) in [6.45, 7) is 1.14. The van der Waals surface area contributed by atoms with E-state index in [9.17, 15) is 9.59 Å². The van der Waals surface area contributed by atoms with Crippen molar-refractivity contribution in [3.05, 3.63) is 15.8 Å². The molecule has 0 aromatic carbocycles. The molecule has 0 fully saturated rings. The molecule has 0 unspecified atom stereocenters.